The number of anilines is 1. The standard InChI is InChI=1S/C21H24N2O5/c1-4-14(2)20(16-8-6-5-7-9-16)21(25)28-13-19(24)22-18-12-17(23(26)27)11-10-15(18)3/h5-12,14,20H,4,13H2,1-3H3,(H,22,24)/t14-,20-/m1/s1. The van der Waals surface area contributed by atoms with E-state index >= 15 is 0 Å². The first-order valence-electron chi connectivity index (χ1n) is 9.10. The Bertz CT molecular complexity index is 851. The van der Waals surface area contributed by atoms with Gasteiger partial charge in [0.2, 0.25) is 0 Å². The third-order valence-electron chi connectivity index (χ3n) is 4.68. The predicted octanol–water partition coefficient (Wildman–Crippen LogP) is 4.21. The van der Waals surface area contributed by atoms with E-state index in [2.05, 4.69) is 5.32 Å². The maximum absolute atomic E-state index is 12.6. The molecular formula is C21H24N2O5. The maximum Gasteiger partial charge on any atom is 0.314 e. The summed E-state index contributed by atoms with van der Waals surface area (Å²) < 4.78 is 5.25. The summed E-state index contributed by atoms with van der Waals surface area (Å²) in [6, 6.07) is 13.5. The van der Waals surface area contributed by atoms with Crippen LogP contribution in [0.4, 0.5) is 11.4 Å². The van der Waals surface area contributed by atoms with Crippen molar-refractivity contribution in [3.05, 3.63) is 69.8 Å². The topological polar surface area (TPSA) is 98.5 Å². The van der Waals surface area contributed by atoms with Gasteiger partial charge in [-0.25, -0.2) is 0 Å². The van der Waals surface area contributed by atoms with Crippen molar-refractivity contribution in [1.82, 2.24) is 0 Å². The molecule has 0 spiro atoms. The van der Waals surface area contributed by atoms with Crippen molar-refractivity contribution >= 4 is 23.3 Å². The van der Waals surface area contributed by atoms with Gasteiger partial charge in [0.15, 0.2) is 6.61 Å². The number of benzene rings is 2. The summed E-state index contributed by atoms with van der Waals surface area (Å²) in [5.74, 6) is -1.42. The Labute approximate surface area is 163 Å². The Morgan fingerprint density at radius 1 is 1.18 bits per heavy atom. The van der Waals surface area contributed by atoms with E-state index in [0.29, 0.717) is 11.3 Å². The number of rotatable bonds is 8. The van der Waals surface area contributed by atoms with Crippen LogP contribution in [-0.2, 0) is 14.3 Å². The second-order valence-corrected chi connectivity index (χ2v) is 6.69. The molecule has 0 saturated carbocycles. The van der Waals surface area contributed by atoms with Gasteiger partial charge in [-0.3, -0.25) is 19.7 Å². The van der Waals surface area contributed by atoms with Gasteiger partial charge in [-0.05, 0) is 24.0 Å². The number of nitrogens with zero attached hydrogens (tertiary/aromatic N) is 1. The van der Waals surface area contributed by atoms with Crippen molar-refractivity contribution in [2.75, 3.05) is 11.9 Å². The zero-order valence-electron chi connectivity index (χ0n) is 16.2. The first-order chi connectivity index (χ1) is 13.3. The molecule has 2 aromatic carbocycles. The summed E-state index contributed by atoms with van der Waals surface area (Å²) in [5.41, 5.74) is 1.71. The first kappa shape index (κ1) is 21.1. The van der Waals surface area contributed by atoms with Crippen LogP contribution in [0.25, 0.3) is 0 Å². The lowest BCUT2D eigenvalue weighted by Gasteiger charge is -2.21. The van der Waals surface area contributed by atoms with Crippen LogP contribution < -0.4 is 5.32 Å². The normalized spacial score (nSPS) is 12.7. The first-order valence-corrected chi connectivity index (χ1v) is 9.10. The number of carbonyl (C=O) groups excluding carboxylic acids is 2. The average molecular weight is 384 g/mol. The van der Waals surface area contributed by atoms with Gasteiger partial charge in [0.25, 0.3) is 11.6 Å². The number of carbonyl (C=O) groups is 2. The molecule has 0 aliphatic rings. The van der Waals surface area contributed by atoms with Crippen LogP contribution in [-0.4, -0.2) is 23.4 Å². The van der Waals surface area contributed by atoms with E-state index in [1.54, 1.807) is 13.0 Å². The van der Waals surface area contributed by atoms with Crippen molar-refractivity contribution in [2.24, 2.45) is 5.92 Å². The third-order valence-corrected chi connectivity index (χ3v) is 4.68. The Balaban J connectivity index is 2.04. The molecule has 7 nitrogen and oxygen atoms in total. The van der Waals surface area contributed by atoms with Gasteiger partial charge in [0.1, 0.15) is 0 Å². The molecule has 1 N–H and O–H groups in total. The second kappa shape index (κ2) is 9.64. The van der Waals surface area contributed by atoms with Crippen LogP contribution in [0.1, 0.15) is 37.3 Å². The van der Waals surface area contributed by atoms with Crippen molar-refractivity contribution in [3.8, 4) is 0 Å². The van der Waals surface area contributed by atoms with Crippen LogP contribution in [0.15, 0.2) is 48.5 Å². The SMILES string of the molecule is CC[C@@H](C)[C@@H](C(=O)OCC(=O)Nc1cc([N+](=O)[O-])ccc1C)c1ccccc1. The fourth-order valence-electron chi connectivity index (χ4n) is 2.86. The summed E-state index contributed by atoms with van der Waals surface area (Å²) >= 11 is 0. The van der Waals surface area contributed by atoms with Crippen molar-refractivity contribution < 1.29 is 19.2 Å². The molecule has 0 fully saturated rings. The van der Waals surface area contributed by atoms with E-state index < -0.39 is 29.3 Å². The second-order valence-electron chi connectivity index (χ2n) is 6.69. The molecule has 0 aliphatic heterocycles. The predicted molar refractivity (Wildman–Crippen MR) is 106 cm³/mol. The highest BCUT2D eigenvalue weighted by molar-refractivity contribution is 5.94. The molecule has 0 radical (unpaired) electrons. The van der Waals surface area contributed by atoms with Crippen LogP contribution in [0.3, 0.4) is 0 Å². The van der Waals surface area contributed by atoms with Crippen molar-refractivity contribution in [2.45, 2.75) is 33.1 Å². The number of amides is 1. The monoisotopic (exact) mass is 384 g/mol. The Kier molecular flexibility index (Phi) is 7.26. The highest BCUT2D eigenvalue weighted by Gasteiger charge is 2.27. The molecular weight excluding hydrogens is 360 g/mol. The molecule has 7 heteroatoms. The number of aryl methyl sites for hydroxylation is 1. The van der Waals surface area contributed by atoms with Gasteiger partial charge in [-0.2, -0.15) is 0 Å². The van der Waals surface area contributed by atoms with E-state index in [1.165, 1.54) is 12.1 Å². The number of hydrogen-bond donors (Lipinski definition) is 1. The Morgan fingerprint density at radius 2 is 1.86 bits per heavy atom. The molecule has 0 aliphatic carbocycles. The summed E-state index contributed by atoms with van der Waals surface area (Å²) in [6.45, 7) is 5.22. The van der Waals surface area contributed by atoms with Gasteiger partial charge < -0.3 is 10.1 Å². The number of esters is 1. The van der Waals surface area contributed by atoms with Crippen LogP contribution in [0.2, 0.25) is 0 Å². The van der Waals surface area contributed by atoms with Crippen LogP contribution >= 0.6 is 0 Å². The number of nitro groups is 1. The molecule has 2 aromatic rings. The minimum Gasteiger partial charge on any atom is -0.455 e. The van der Waals surface area contributed by atoms with Crippen LogP contribution in [0.5, 0.6) is 0 Å². The van der Waals surface area contributed by atoms with Gasteiger partial charge in [0, 0.05) is 12.1 Å². The highest BCUT2D eigenvalue weighted by atomic mass is 16.6. The number of non-ortho nitro benzene ring substituents is 1. The molecule has 148 valence electrons. The number of nitrogens with one attached hydrogen (secondary N) is 1. The molecule has 0 heterocycles. The van der Waals surface area contributed by atoms with E-state index in [0.717, 1.165) is 12.0 Å². The summed E-state index contributed by atoms with van der Waals surface area (Å²) in [5, 5.41) is 13.5. The largest absolute Gasteiger partial charge is 0.455 e. The number of ether oxygens (including phenoxy) is 1. The lowest BCUT2D eigenvalue weighted by molar-refractivity contribution is -0.384. The van der Waals surface area contributed by atoms with Crippen molar-refractivity contribution in [3.63, 3.8) is 0 Å². The Morgan fingerprint density at radius 3 is 2.46 bits per heavy atom. The summed E-state index contributed by atoms with van der Waals surface area (Å²) in [4.78, 5) is 35.2. The molecule has 0 unspecified atom stereocenters. The lowest BCUT2D eigenvalue weighted by atomic mass is 9.86. The average Bonchev–Trinajstić information content (AvgIpc) is 2.68. The molecule has 1 amide bonds. The molecule has 0 aromatic heterocycles. The van der Waals surface area contributed by atoms with Crippen LogP contribution in [0, 0.1) is 23.0 Å². The summed E-state index contributed by atoms with van der Waals surface area (Å²) in [6.07, 6.45) is 0.785. The summed E-state index contributed by atoms with van der Waals surface area (Å²) in [7, 11) is 0. The van der Waals surface area contributed by atoms with E-state index in [4.69, 9.17) is 4.74 Å². The highest BCUT2D eigenvalue weighted by Crippen LogP contribution is 2.28. The lowest BCUT2D eigenvalue weighted by Crippen LogP contribution is -2.27. The quantitative estimate of drug-likeness (QED) is 0.417. The molecule has 2 rings (SSSR count). The maximum atomic E-state index is 12.6. The minimum atomic E-state index is -0.548. The van der Waals surface area contributed by atoms with E-state index in [9.17, 15) is 19.7 Å². The fourth-order valence-corrected chi connectivity index (χ4v) is 2.86. The van der Waals surface area contributed by atoms with Gasteiger partial charge in [-0.15, -0.1) is 0 Å². The van der Waals surface area contributed by atoms with E-state index in [1.807, 2.05) is 44.2 Å². The number of nitro benzene ring substituents is 1. The zero-order chi connectivity index (χ0) is 20.7. The van der Waals surface area contributed by atoms with Gasteiger partial charge in [-0.1, -0.05) is 56.7 Å². The zero-order valence-corrected chi connectivity index (χ0v) is 16.2. The minimum absolute atomic E-state index is 0.0528. The van der Waals surface area contributed by atoms with Gasteiger partial charge >= 0.3 is 5.97 Å². The molecule has 28 heavy (non-hydrogen) atoms. The third kappa shape index (κ3) is 5.39. The smallest absolute Gasteiger partial charge is 0.314 e. The Hall–Kier alpha value is -3.22. The molecule has 0 saturated heterocycles. The molecule has 0 bridgehead atoms. The van der Waals surface area contributed by atoms with Crippen molar-refractivity contribution in [1.29, 1.82) is 0 Å². The van der Waals surface area contributed by atoms with E-state index in [-0.39, 0.29) is 11.6 Å². The fraction of sp³-hybridized carbons (Fsp3) is 0.333. The number of hydrogen-bond acceptors (Lipinski definition) is 5. The van der Waals surface area contributed by atoms with Gasteiger partial charge in [0.05, 0.1) is 16.5 Å². The molecule has 2 atom stereocenters.